The van der Waals surface area contributed by atoms with E-state index < -0.39 is 0 Å². The molecule has 0 aliphatic carbocycles. The van der Waals surface area contributed by atoms with Gasteiger partial charge in [-0.15, -0.1) is 10.2 Å². The second-order valence-electron chi connectivity index (χ2n) is 5.07. The number of fused-ring (bicyclic) bond motifs is 1. The molecule has 0 amide bonds. The van der Waals surface area contributed by atoms with E-state index in [1.165, 1.54) is 0 Å². The van der Waals surface area contributed by atoms with Gasteiger partial charge < -0.3 is 14.8 Å². The van der Waals surface area contributed by atoms with Gasteiger partial charge in [-0.2, -0.15) is 0 Å². The molecular weight excluding hydrogens is 242 g/mol. The molecule has 0 bridgehead atoms. The van der Waals surface area contributed by atoms with Gasteiger partial charge in [0.1, 0.15) is 17.4 Å². The zero-order valence-corrected chi connectivity index (χ0v) is 10.7. The molecule has 0 spiro atoms. The highest BCUT2D eigenvalue weighted by Crippen LogP contribution is 2.21. The van der Waals surface area contributed by atoms with Crippen LogP contribution in [0.25, 0.3) is 0 Å². The fourth-order valence-electron chi connectivity index (χ4n) is 2.54. The SMILES string of the molecule is OCC1CCn2c(Cc3ccc(O)cc3)nnc2C1. The Morgan fingerprint density at radius 2 is 2.00 bits per heavy atom. The molecule has 100 valence electrons. The second-order valence-corrected chi connectivity index (χ2v) is 5.07. The van der Waals surface area contributed by atoms with Gasteiger partial charge in [0.15, 0.2) is 0 Å². The van der Waals surface area contributed by atoms with E-state index in [1.807, 2.05) is 12.1 Å². The number of aliphatic hydroxyl groups excluding tert-OH is 1. The van der Waals surface area contributed by atoms with Crippen molar-refractivity contribution in [1.82, 2.24) is 14.8 Å². The van der Waals surface area contributed by atoms with Gasteiger partial charge in [0.2, 0.25) is 0 Å². The van der Waals surface area contributed by atoms with E-state index in [-0.39, 0.29) is 12.4 Å². The summed E-state index contributed by atoms with van der Waals surface area (Å²) in [6, 6.07) is 7.17. The fourth-order valence-corrected chi connectivity index (χ4v) is 2.54. The average molecular weight is 259 g/mol. The van der Waals surface area contributed by atoms with Crippen LogP contribution in [0.2, 0.25) is 0 Å². The molecule has 0 saturated heterocycles. The van der Waals surface area contributed by atoms with Crippen molar-refractivity contribution >= 4 is 0 Å². The molecule has 19 heavy (non-hydrogen) atoms. The van der Waals surface area contributed by atoms with Crippen molar-refractivity contribution in [2.75, 3.05) is 6.61 Å². The lowest BCUT2D eigenvalue weighted by Crippen LogP contribution is -2.23. The van der Waals surface area contributed by atoms with Crippen LogP contribution in [0.4, 0.5) is 0 Å². The molecular formula is C14H17N3O2. The Kier molecular flexibility index (Phi) is 3.21. The lowest BCUT2D eigenvalue weighted by Gasteiger charge is -2.21. The summed E-state index contributed by atoms with van der Waals surface area (Å²) in [6.45, 7) is 1.10. The Balaban J connectivity index is 1.80. The third kappa shape index (κ3) is 2.46. The van der Waals surface area contributed by atoms with E-state index in [2.05, 4.69) is 14.8 Å². The summed E-state index contributed by atoms with van der Waals surface area (Å²) in [5.41, 5.74) is 1.11. The van der Waals surface area contributed by atoms with Crippen LogP contribution in [0.1, 0.15) is 23.6 Å². The van der Waals surface area contributed by atoms with E-state index >= 15 is 0 Å². The molecule has 1 unspecified atom stereocenters. The number of rotatable bonds is 3. The fraction of sp³-hybridized carbons (Fsp3) is 0.429. The summed E-state index contributed by atoms with van der Waals surface area (Å²) in [4.78, 5) is 0. The molecule has 2 N–H and O–H groups in total. The third-order valence-electron chi connectivity index (χ3n) is 3.69. The summed E-state index contributed by atoms with van der Waals surface area (Å²) < 4.78 is 2.15. The summed E-state index contributed by atoms with van der Waals surface area (Å²) in [7, 11) is 0. The molecule has 1 aromatic carbocycles. The van der Waals surface area contributed by atoms with Gasteiger partial charge in [0.25, 0.3) is 0 Å². The van der Waals surface area contributed by atoms with Gasteiger partial charge in [-0.3, -0.25) is 0 Å². The Bertz CT molecular complexity index is 563. The van der Waals surface area contributed by atoms with E-state index in [9.17, 15) is 10.2 Å². The van der Waals surface area contributed by atoms with Crippen LogP contribution in [0.5, 0.6) is 5.75 Å². The number of aromatic hydroxyl groups is 1. The monoisotopic (exact) mass is 259 g/mol. The molecule has 2 aromatic rings. The molecule has 1 atom stereocenters. The summed E-state index contributed by atoms with van der Waals surface area (Å²) >= 11 is 0. The molecule has 5 heteroatoms. The molecule has 1 aromatic heterocycles. The van der Waals surface area contributed by atoms with Crippen LogP contribution in [0, 0.1) is 5.92 Å². The predicted molar refractivity (Wildman–Crippen MR) is 69.8 cm³/mol. The third-order valence-corrected chi connectivity index (χ3v) is 3.69. The quantitative estimate of drug-likeness (QED) is 0.866. The zero-order chi connectivity index (χ0) is 13.2. The molecule has 0 radical (unpaired) electrons. The zero-order valence-electron chi connectivity index (χ0n) is 10.7. The van der Waals surface area contributed by atoms with E-state index in [0.717, 1.165) is 43.0 Å². The maximum Gasteiger partial charge on any atom is 0.137 e. The van der Waals surface area contributed by atoms with Crippen molar-refractivity contribution < 1.29 is 10.2 Å². The summed E-state index contributed by atoms with van der Waals surface area (Å²) in [5.74, 6) is 2.52. The maximum absolute atomic E-state index is 9.27. The number of nitrogens with zero attached hydrogens (tertiary/aromatic N) is 3. The Morgan fingerprint density at radius 1 is 1.21 bits per heavy atom. The van der Waals surface area contributed by atoms with Gasteiger partial charge in [-0.25, -0.2) is 0 Å². The number of aliphatic hydroxyl groups is 1. The number of phenolic OH excluding ortho intramolecular Hbond substituents is 1. The first-order chi connectivity index (χ1) is 9.26. The standard InChI is InChI=1S/C14H17N3O2/c18-9-11-5-6-17-13(15-16-14(17)8-11)7-10-1-3-12(19)4-2-10/h1-4,11,18-19H,5-9H2. The van der Waals surface area contributed by atoms with Crippen LogP contribution >= 0.6 is 0 Å². The minimum Gasteiger partial charge on any atom is -0.508 e. The van der Waals surface area contributed by atoms with Crippen molar-refractivity contribution in [3.05, 3.63) is 41.5 Å². The van der Waals surface area contributed by atoms with Crippen molar-refractivity contribution in [3.63, 3.8) is 0 Å². The van der Waals surface area contributed by atoms with Crippen LogP contribution in [0.3, 0.4) is 0 Å². The van der Waals surface area contributed by atoms with Crippen LogP contribution < -0.4 is 0 Å². The highest BCUT2D eigenvalue weighted by molar-refractivity contribution is 5.28. The highest BCUT2D eigenvalue weighted by atomic mass is 16.3. The molecule has 2 heterocycles. The van der Waals surface area contributed by atoms with Gasteiger partial charge in [-0.05, 0) is 30.0 Å². The smallest absolute Gasteiger partial charge is 0.137 e. The summed E-state index contributed by atoms with van der Waals surface area (Å²) in [6.07, 6.45) is 2.50. The molecule has 3 rings (SSSR count). The van der Waals surface area contributed by atoms with Gasteiger partial charge in [-0.1, -0.05) is 12.1 Å². The largest absolute Gasteiger partial charge is 0.508 e. The van der Waals surface area contributed by atoms with E-state index in [1.54, 1.807) is 12.1 Å². The van der Waals surface area contributed by atoms with Crippen molar-refractivity contribution in [2.45, 2.75) is 25.8 Å². The first kappa shape index (κ1) is 12.2. The van der Waals surface area contributed by atoms with Gasteiger partial charge in [0.05, 0.1) is 0 Å². The van der Waals surface area contributed by atoms with E-state index in [4.69, 9.17) is 0 Å². The first-order valence-electron chi connectivity index (χ1n) is 6.56. The van der Waals surface area contributed by atoms with Gasteiger partial charge in [0, 0.05) is 26.0 Å². The minimum absolute atomic E-state index is 0.222. The lowest BCUT2D eigenvalue weighted by molar-refractivity contribution is 0.198. The van der Waals surface area contributed by atoms with Crippen LogP contribution in [0.15, 0.2) is 24.3 Å². The second kappa shape index (κ2) is 5.01. The molecule has 0 saturated carbocycles. The van der Waals surface area contributed by atoms with Gasteiger partial charge >= 0.3 is 0 Å². The molecule has 5 nitrogen and oxygen atoms in total. The highest BCUT2D eigenvalue weighted by Gasteiger charge is 2.22. The summed E-state index contributed by atoms with van der Waals surface area (Å²) in [5, 5.41) is 27.0. The Labute approximate surface area is 111 Å². The number of hydrogen-bond donors (Lipinski definition) is 2. The number of hydrogen-bond acceptors (Lipinski definition) is 4. The minimum atomic E-state index is 0.222. The number of benzene rings is 1. The topological polar surface area (TPSA) is 71.2 Å². The predicted octanol–water partition coefficient (Wildman–Crippen LogP) is 1.13. The van der Waals surface area contributed by atoms with Crippen molar-refractivity contribution in [2.24, 2.45) is 5.92 Å². The van der Waals surface area contributed by atoms with Crippen molar-refractivity contribution in [1.29, 1.82) is 0 Å². The molecule has 1 aliphatic heterocycles. The first-order valence-corrected chi connectivity index (χ1v) is 6.56. The number of aromatic nitrogens is 3. The van der Waals surface area contributed by atoms with Crippen LogP contribution in [-0.4, -0.2) is 31.6 Å². The van der Waals surface area contributed by atoms with E-state index in [0.29, 0.717) is 5.92 Å². The van der Waals surface area contributed by atoms with Crippen LogP contribution in [-0.2, 0) is 19.4 Å². The molecule has 1 aliphatic rings. The lowest BCUT2D eigenvalue weighted by atomic mass is 9.99. The molecule has 0 fully saturated rings. The van der Waals surface area contributed by atoms with Crippen molar-refractivity contribution in [3.8, 4) is 5.75 Å². The normalized spacial score (nSPS) is 18.3. The number of phenols is 1. The maximum atomic E-state index is 9.27. The Morgan fingerprint density at radius 3 is 2.74 bits per heavy atom. The average Bonchev–Trinajstić information content (AvgIpc) is 2.83. The Hall–Kier alpha value is -1.88.